The first-order valence-corrected chi connectivity index (χ1v) is 25.3. The molecule has 4 aliphatic carbocycles. The van der Waals surface area contributed by atoms with Crippen LogP contribution in [0.2, 0.25) is 0 Å². The summed E-state index contributed by atoms with van der Waals surface area (Å²) in [7, 11) is -4.09. The van der Waals surface area contributed by atoms with Crippen LogP contribution >= 0.6 is 0 Å². The summed E-state index contributed by atoms with van der Waals surface area (Å²) in [6.45, 7) is 21.9. The van der Waals surface area contributed by atoms with Crippen molar-refractivity contribution in [2.24, 2.45) is 44.8 Å². The van der Waals surface area contributed by atoms with E-state index in [1.54, 1.807) is 18.7 Å². The van der Waals surface area contributed by atoms with Gasteiger partial charge in [0, 0.05) is 49.9 Å². The number of piperidine rings is 1. The molecule has 0 aromatic rings. The molecule has 6 rings (SSSR count). The second-order valence-corrected chi connectivity index (χ2v) is 23.4. The molecule has 2 saturated heterocycles. The molecule has 2 heterocycles. The third-order valence-electron chi connectivity index (χ3n) is 17.4. The minimum absolute atomic E-state index is 0.00932. The van der Waals surface area contributed by atoms with Gasteiger partial charge in [0.05, 0.1) is 23.5 Å². The molecule has 0 aromatic heterocycles. The SMILES string of the molecule is CC[C@@H]1C[C@]1(CC(=O)[C@@H]1C[C@@]2(CN1C(=O)[C@@H](CC(=O)[C@@H](NC(=O)[C@H]1CCCCN1C(C)C)C1CCCCC1)C(C)(C)C)C(C)(C)C21CCC1)C(=O)NS(=O)(=O)N(CC)CC. The number of ketones is 2. The molecule has 7 atom stereocenters. The Balaban J connectivity index is 1.28. The molecule has 12 nitrogen and oxygen atoms in total. The average Bonchev–Trinajstić information content (AvgIpc) is 3.90. The second kappa shape index (κ2) is 17.3. The van der Waals surface area contributed by atoms with Crippen molar-refractivity contribution in [1.29, 1.82) is 0 Å². The minimum Gasteiger partial charge on any atom is -0.345 e. The van der Waals surface area contributed by atoms with Crippen LogP contribution in [0.5, 0.6) is 0 Å². The van der Waals surface area contributed by atoms with Crippen LogP contribution in [0.15, 0.2) is 0 Å². The molecule has 0 radical (unpaired) electrons. The Morgan fingerprint density at radius 1 is 0.833 bits per heavy atom. The van der Waals surface area contributed by atoms with E-state index in [-0.39, 0.29) is 89.5 Å². The number of hydrogen-bond donors (Lipinski definition) is 2. The summed E-state index contributed by atoms with van der Waals surface area (Å²) in [5.74, 6) is -2.11. The summed E-state index contributed by atoms with van der Waals surface area (Å²) >= 11 is 0. The van der Waals surface area contributed by atoms with Gasteiger partial charge in [-0.1, -0.05) is 93.9 Å². The maximum Gasteiger partial charge on any atom is 0.303 e. The van der Waals surface area contributed by atoms with Gasteiger partial charge in [-0.2, -0.15) is 12.7 Å². The van der Waals surface area contributed by atoms with Gasteiger partial charge in [-0.25, -0.2) is 4.72 Å². The van der Waals surface area contributed by atoms with Gasteiger partial charge in [-0.05, 0) is 99.8 Å². The standard InChI is InChI=1S/C47H79N5O7S/c1-11-33-27-45(33,42(57)49-60(58,59)50(12-2)13-3)29-38(54)36-28-47(44(9,10)46(47)23-19-24-46)30-52(36)41(56)34(43(6,7)8)26-37(53)39(32-20-15-14-16-21-32)48-40(55)35-22-17-18-25-51(35)31(4)5/h31-36,39H,11-30H2,1-10H3,(H,48,55)(H,49,57)/t33-,34-,35-,36+,39+,45-,47-/m1/s1. The fourth-order valence-electron chi connectivity index (χ4n) is 13.2. The quantitative estimate of drug-likeness (QED) is 0.162. The maximum absolute atomic E-state index is 15.4. The first-order chi connectivity index (χ1) is 28.1. The van der Waals surface area contributed by atoms with Crippen LogP contribution in [0.25, 0.3) is 0 Å². The molecule has 0 unspecified atom stereocenters. The van der Waals surface area contributed by atoms with Crippen molar-refractivity contribution in [3.05, 3.63) is 0 Å². The molecule has 4 saturated carbocycles. The van der Waals surface area contributed by atoms with Crippen molar-refractivity contribution in [2.75, 3.05) is 26.2 Å². The summed E-state index contributed by atoms with van der Waals surface area (Å²) in [6.07, 6.45) is 12.2. The highest BCUT2D eigenvalue weighted by molar-refractivity contribution is 7.87. The van der Waals surface area contributed by atoms with Gasteiger partial charge in [0.15, 0.2) is 11.6 Å². The van der Waals surface area contributed by atoms with Gasteiger partial charge in [0.25, 0.3) is 0 Å². The van der Waals surface area contributed by atoms with Crippen molar-refractivity contribution in [2.45, 2.75) is 196 Å². The van der Waals surface area contributed by atoms with E-state index in [1.807, 2.05) is 27.7 Å². The number of fused-ring (bicyclic) bond motifs is 1. The van der Waals surface area contributed by atoms with E-state index in [0.29, 0.717) is 25.8 Å². The zero-order valence-electron chi connectivity index (χ0n) is 38.8. The highest BCUT2D eigenvalue weighted by Crippen LogP contribution is 2.88. The lowest BCUT2D eigenvalue weighted by atomic mass is 9.73. The number of nitrogens with zero attached hydrogens (tertiary/aromatic N) is 3. The molecule has 2 spiro atoms. The number of hydrogen-bond acceptors (Lipinski definition) is 8. The highest BCUT2D eigenvalue weighted by Gasteiger charge is 2.85. The number of carbonyl (C=O) groups is 5. The Labute approximate surface area is 362 Å². The summed E-state index contributed by atoms with van der Waals surface area (Å²) in [4.78, 5) is 77.3. The Hall–Kier alpha value is -2.38. The lowest BCUT2D eigenvalue weighted by Crippen LogP contribution is -2.57. The normalized spacial score (nSPS) is 31.2. The van der Waals surface area contributed by atoms with Gasteiger partial charge in [-0.15, -0.1) is 0 Å². The van der Waals surface area contributed by atoms with Crippen molar-refractivity contribution < 1.29 is 32.4 Å². The molecule has 3 amide bonds. The maximum atomic E-state index is 15.4. The summed E-state index contributed by atoms with van der Waals surface area (Å²) < 4.78 is 30.0. The summed E-state index contributed by atoms with van der Waals surface area (Å²) in [6, 6.07) is -1.53. The summed E-state index contributed by atoms with van der Waals surface area (Å²) in [5, 5.41) is 3.28. The second-order valence-electron chi connectivity index (χ2n) is 21.8. The first kappa shape index (κ1) is 47.1. The number of Topliss-reactive ketones (excluding diaryl/α,β-unsaturated/α-hetero) is 2. The van der Waals surface area contributed by atoms with E-state index >= 15 is 4.79 Å². The van der Waals surface area contributed by atoms with Crippen LogP contribution in [0.4, 0.5) is 0 Å². The lowest BCUT2D eigenvalue weighted by molar-refractivity contribution is -0.147. The van der Waals surface area contributed by atoms with E-state index in [4.69, 9.17) is 0 Å². The van der Waals surface area contributed by atoms with Crippen molar-refractivity contribution in [1.82, 2.24) is 24.1 Å². The van der Waals surface area contributed by atoms with E-state index in [2.05, 4.69) is 42.6 Å². The van der Waals surface area contributed by atoms with E-state index in [1.165, 1.54) is 4.31 Å². The van der Waals surface area contributed by atoms with Crippen LogP contribution in [0.1, 0.15) is 172 Å². The monoisotopic (exact) mass is 858 g/mol. The molecular weight excluding hydrogens is 779 g/mol. The molecule has 2 N–H and O–H groups in total. The number of amides is 3. The smallest absolute Gasteiger partial charge is 0.303 e. The third kappa shape index (κ3) is 8.16. The highest BCUT2D eigenvalue weighted by atomic mass is 32.2. The topological polar surface area (TPSA) is 153 Å². The lowest BCUT2D eigenvalue weighted by Gasteiger charge is -2.40. The van der Waals surface area contributed by atoms with E-state index in [0.717, 1.165) is 77.2 Å². The molecule has 2 aliphatic heterocycles. The number of rotatable bonds is 17. The molecule has 0 aromatic carbocycles. The molecule has 6 fully saturated rings. The van der Waals surface area contributed by atoms with E-state index in [9.17, 15) is 27.6 Å². The molecule has 13 heteroatoms. The Kier molecular flexibility index (Phi) is 13.6. The Bertz CT molecular complexity index is 1760. The van der Waals surface area contributed by atoms with Crippen LogP contribution < -0.4 is 10.0 Å². The predicted molar refractivity (Wildman–Crippen MR) is 234 cm³/mol. The molecule has 0 bridgehead atoms. The molecule has 6 aliphatic rings. The van der Waals surface area contributed by atoms with Crippen molar-refractivity contribution in [3.63, 3.8) is 0 Å². The van der Waals surface area contributed by atoms with Crippen LogP contribution in [-0.2, 0) is 34.2 Å². The van der Waals surface area contributed by atoms with Crippen molar-refractivity contribution >= 4 is 39.5 Å². The Morgan fingerprint density at radius 2 is 1.47 bits per heavy atom. The fraction of sp³-hybridized carbons (Fsp3) is 0.894. The minimum atomic E-state index is -4.09. The van der Waals surface area contributed by atoms with Gasteiger partial charge >= 0.3 is 10.2 Å². The fourth-order valence-corrected chi connectivity index (χ4v) is 14.5. The summed E-state index contributed by atoms with van der Waals surface area (Å²) in [5.41, 5.74) is -2.09. The average molecular weight is 858 g/mol. The Morgan fingerprint density at radius 3 is 1.98 bits per heavy atom. The first-order valence-electron chi connectivity index (χ1n) is 23.8. The number of nitrogens with one attached hydrogen (secondary N) is 2. The molecular formula is C47H79N5O7S. The molecule has 60 heavy (non-hydrogen) atoms. The largest absolute Gasteiger partial charge is 0.345 e. The van der Waals surface area contributed by atoms with Crippen LogP contribution in [-0.4, -0.2) is 102 Å². The third-order valence-corrected chi connectivity index (χ3v) is 19.1. The zero-order chi connectivity index (χ0) is 44.2. The number of carbonyl (C=O) groups excluding carboxylic acids is 5. The van der Waals surface area contributed by atoms with Crippen LogP contribution in [0.3, 0.4) is 0 Å². The molecule has 340 valence electrons. The van der Waals surface area contributed by atoms with Crippen LogP contribution in [0, 0.1) is 44.8 Å². The van der Waals surface area contributed by atoms with Gasteiger partial charge in [0.1, 0.15) is 0 Å². The predicted octanol–water partition coefficient (Wildman–Crippen LogP) is 6.81. The van der Waals surface area contributed by atoms with Gasteiger partial charge in [0.2, 0.25) is 17.7 Å². The van der Waals surface area contributed by atoms with Gasteiger partial charge in [-0.3, -0.25) is 28.9 Å². The zero-order valence-corrected chi connectivity index (χ0v) is 39.6. The van der Waals surface area contributed by atoms with Gasteiger partial charge < -0.3 is 10.2 Å². The van der Waals surface area contributed by atoms with E-state index < -0.39 is 44.9 Å². The van der Waals surface area contributed by atoms with Crippen molar-refractivity contribution in [3.8, 4) is 0 Å². The number of likely N-dealkylation sites (tertiary alicyclic amines) is 2.